The van der Waals surface area contributed by atoms with Gasteiger partial charge in [-0.3, -0.25) is 9.79 Å². The second-order valence-corrected chi connectivity index (χ2v) is 7.92. The van der Waals surface area contributed by atoms with Crippen LogP contribution in [-0.2, 0) is 9.53 Å². The third-order valence-corrected chi connectivity index (χ3v) is 4.58. The quantitative estimate of drug-likeness (QED) is 0.325. The van der Waals surface area contributed by atoms with Crippen LogP contribution in [0.25, 0.3) is 0 Å². The molecule has 6 nitrogen and oxygen atoms in total. The van der Waals surface area contributed by atoms with E-state index < -0.39 is 0 Å². The topological polar surface area (TPSA) is 74.8 Å². The van der Waals surface area contributed by atoms with Crippen LogP contribution in [0.5, 0.6) is 0 Å². The monoisotopic (exact) mass is 506 g/mol. The number of carbonyl (C=O) groups is 1. The summed E-state index contributed by atoms with van der Waals surface area (Å²) in [6.45, 7) is 8.16. The van der Waals surface area contributed by atoms with Gasteiger partial charge in [0.1, 0.15) is 5.82 Å². The molecule has 28 heavy (non-hydrogen) atoms. The van der Waals surface area contributed by atoms with Crippen molar-refractivity contribution in [2.75, 3.05) is 32.1 Å². The molecule has 2 rings (SSSR count). The van der Waals surface area contributed by atoms with Gasteiger partial charge in [0.25, 0.3) is 0 Å². The normalized spacial score (nSPS) is 20.1. The molecule has 2 unspecified atom stereocenters. The van der Waals surface area contributed by atoms with Crippen molar-refractivity contribution in [2.45, 2.75) is 39.7 Å². The fourth-order valence-corrected chi connectivity index (χ4v) is 3.39. The van der Waals surface area contributed by atoms with Gasteiger partial charge in [-0.05, 0) is 36.5 Å². The Labute approximate surface area is 184 Å². The number of amides is 1. The Balaban J connectivity index is 0.00000392. The van der Waals surface area contributed by atoms with E-state index >= 15 is 0 Å². The van der Waals surface area contributed by atoms with Crippen LogP contribution in [0.2, 0.25) is 0 Å². The highest BCUT2D eigenvalue weighted by Crippen LogP contribution is 2.33. The van der Waals surface area contributed by atoms with Crippen molar-refractivity contribution >= 4 is 41.5 Å². The van der Waals surface area contributed by atoms with Crippen molar-refractivity contribution in [1.82, 2.24) is 10.6 Å². The summed E-state index contributed by atoms with van der Waals surface area (Å²) < 4.78 is 19.2. The first kappa shape index (κ1) is 24.6. The molecule has 0 saturated carbocycles. The lowest BCUT2D eigenvalue weighted by molar-refractivity contribution is -0.115. The number of nitrogens with one attached hydrogen (secondary N) is 3. The molecule has 1 saturated heterocycles. The van der Waals surface area contributed by atoms with Gasteiger partial charge in [0.15, 0.2) is 5.96 Å². The molecule has 0 aliphatic carbocycles. The molecule has 1 aromatic rings. The molecule has 8 heteroatoms. The van der Waals surface area contributed by atoms with Crippen LogP contribution in [0.15, 0.2) is 29.3 Å². The highest BCUT2D eigenvalue weighted by Gasteiger charge is 2.35. The van der Waals surface area contributed by atoms with Crippen LogP contribution in [0.3, 0.4) is 0 Å². The molecule has 1 fully saturated rings. The first-order valence-electron chi connectivity index (χ1n) is 9.41. The van der Waals surface area contributed by atoms with E-state index in [0.717, 1.165) is 26.0 Å². The van der Waals surface area contributed by atoms with Crippen LogP contribution in [0.4, 0.5) is 10.1 Å². The number of carbonyl (C=O) groups excluding carboxylic acids is 1. The standard InChI is InChI=1S/C20H31FN4O2.HI/c1-20(2,3)18-14(7-6-10-27-18)12-23-19(22-4)24-13-17(26)25-16-9-5-8-15(21)11-16;/h5,8-9,11,14,18H,6-7,10,12-13H2,1-4H3,(H,25,26)(H2,22,23,24);1H. The number of hydrogen-bond donors (Lipinski definition) is 3. The molecular formula is C20H32FIN4O2. The summed E-state index contributed by atoms with van der Waals surface area (Å²) in [5.74, 6) is 0.291. The predicted octanol–water partition coefficient (Wildman–Crippen LogP) is 3.39. The number of aliphatic imine (C=N–C) groups is 1. The maximum absolute atomic E-state index is 13.2. The molecule has 1 amide bonds. The summed E-state index contributed by atoms with van der Waals surface area (Å²) in [6.07, 6.45) is 2.35. The van der Waals surface area contributed by atoms with E-state index in [9.17, 15) is 9.18 Å². The summed E-state index contributed by atoms with van der Waals surface area (Å²) in [4.78, 5) is 16.2. The van der Waals surface area contributed by atoms with E-state index in [4.69, 9.17) is 4.74 Å². The fraction of sp³-hybridized carbons (Fsp3) is 0.600. The van der Waals surface area contributed by atoms with Crippen molar-refractivity contribution in [2.24, 2.45) is 16.3 Å². The van der Waals surface area contributed by atoms with Crippen molar-refractivity contribution in [3.8, 4) is 0 Å². The molecule has 3 N–H and O–H groups in total. The fourth-order valence-electron chi connectivity index (χ4n) is 3.39. The van der Waals surface area contributed by atoms with E-state index in [1.807, 2.05) is 0 Å². The van der Waals surface area contributed by atoms with Crippen LogP contribution in [-0.4, -0.2) is 44.7 Å². The van der Waals surface area contributed by atoms with Gasteiger partial charge in [0.2, 0.25) is 5.91 Å². The molecular weight excluding hydrogens is 474 g/mol. The maximum Gasteiger partial charge on any atom is 0.243 e. The SMILES string of the molecule is CN=C(NCC(=O)Nc1cccc(F)c1)NCC1CCCOC1C(C)(C)C.I. The van der Waals surface area contributed by atoms with Gasteiger partial charge in [-0.25, -0.2) is 4.39 Å². The van der Waals surface area contributed by atoms with Gasteiger partial charge in [0, 0.05) is 31.8 Å². The Morgan fingerprint density at radius 2 is 2.07 bits per heavy atom. The van der Waals surface area contributed by atoms with E-state index in [1.165, 1.54) is 12.1 Å². The smallest absolute Gasteiger partial charge is 0.243 e. The highest BCUT2D eigenvalue weighted by atomic mass is 127. The molecule has 0 aromatic heterocycles. The Morgan fingerprint density at radius 3 is 2.71 bits per heavy atom. The van der Waals surface area contributed by atoms with Gasteiger partial charge in [-0.1, -0.05) is 26.8 Å². The zero-order chi connectivity index (χ0) is 19.9. The predicted molar refractivity (Wildman–Crippen MR) is 122 cm³/mol. The van der Waals surface area contributed by atoms with Gasteiger partial charge in [0.05, 0.1) is 12.6 Å². The van der Waals surface area contributed by atoms with E-state index in [-0.39, 0.29) is 53.8 Å². The lowest BCUT2D eigenvalue weighted by atomic mass is 9.78. The summed E-state index contributed by atoms with van der Waals surface area (Å²) in [5, 5.41) is 8.93. The second kappa shape index (κ2) is 11.5. The summed E-state index contributed by atoms with van der Waals surface area (Å²) in [7, 11) is 1.67. The number of nitrogens with zero attached hydrogens (tertiary/aromatic N) is 1. The molecule has 0 radical (unpaired) electrons. The largest absolute Gasteiger partial charge is 0.377 e. The van der Waals surface area contributed by atoms with Crippen LogP contribution >= 0.6 is 24.0 Å². The Morgan fingerprint density at radius 1 is 1.32 bits per heavy atom. The van der Waals surface area contributed by atoms with Gasteiger partial charge in [-0.2, -0.15) is 0 Å². The van der Waals surface area contributed by atoms with Crippen LogP contribution in [0, 0.1) is 17.2 Å². The summed E-state index contributed by atoms with van der Waals surface area (Å²) in [6, 6.07) is 5.81. The van der Waals surface area contributed by atoms with Crippen LogP contribution in [0.1, 0.15) is 33.6 Å². The van der Waals surface area contributed by atoms with Crippen LogP contribution < -0.4 is 16.0 Å². The number of hydrogen-bond acceptors (Lipinski definition) is 3. The Hall–Kier alpha value is -1.42. The first-order valence-corrected chi connectivity index (χ1v) is 9.41. The molecule has 158 valence electrons. The molecule has 1 aromatic carbocycles. The summed E-state index contributed by atoms with van der Waals surface area (Å²) >= 11 is 0. The van der Waals surface area contributed by atoms with Crippen molar-refractivity contribution in [3.63, 3.8) is 0 Å². The minimum atomic E-state index is -0.388. The Bertz CT molecular complexity index is 664. The molecule has 0 bridgehead atoms. The molecule has 1 heterocycles. The minimum absolute atomic E-state index is 0. The molecule has 1 aliphatic rings. The van der Waals surface area contributed by atoms with Gasteiger partial charge >= 0.3 is 0 Å². The second-order valence-electron chi connectivity index (χ2n) is 7.92. The zero-order valence-electron chi connectivity index (χ0n) is 17.0. The van der Waals surface area contributed by atoms with E-state index in [2.05, 4.69) is 41.7 Å². The number of benzene rings is 1. The van der Waals surface area contributed by atoms with Gasteiger partial charge in [-0.15, -0.1) is 24.0 Å². The van der Waals surface area contributed by atoms with Gasteiger partial charge < -0.3 is 20.7 Å². The third kappa shape index (κ3) is 7.90. The number of rotatable bonds is 5. The molecule has 1 aliphatic heterocycles. The summed E-state index contributed by atoms with van der Waals surface area (Å²) in [5.41, 5.74) is 0.506. The number of anilines is 1. The number of guanidine groups is 1. The average Bonchev–Trinajstić information content (AvgIpc) is 2.61. The Kier molecular flexibility index (Phi) is 10.2. The van der Waals surface area contributed by atoms with E-state index in [1.54, 1.807) is 19.2 Å². The molecule has 2 atom stereocenters. The zero-order valence-corrected chi connectivity index (χ0v) is 19.4. The highest BCUT2D eigenvalue weighted by molar-refractivity contribution is 14.0. The minimum Gasteiger partial charge on any atom is -0.377 e. The lowest BCUT2D eigenvalue weighted by Gasteiger charge is -2.40. The number of halogens is 2. The third-order valence-electron chi connectivity index (χ3n) is 4.58. The van der Waals surface area contributed by atoms with Crippen molar-refractivity contribution in [3.05, 3.63) is 30.1 Å². The van der Waals surface area contributed by atoms with E-state index in [0.29, 0.717) is 17.6 Å². The lowest BCUT2D eigenvalue weighted by Crippen LogP contribution is -2.48. The maximum atomic E-state index is 13.2. The van der Waals surface area contributed by atoms with Crippen molar-refractivity contribution < 1.29 is 13.9 Å². The number of ether oxygens (including phenoxy) is 1. The first-order chi connectivity index (χ1) is 12.8. The molecule has 0 spiro atoms. The van der Waals surface area contributed by atoms with Crippen molar-refractivity contribution in [1.29, 1.82) is 0 Å². The average molecular weight is 506 g/mol.